The molecule has 0 saturated heterocycles. The second kappa shape index (κ2) is 11.4. The molecule has 0 radical (unpaired) electrons. The molecule has 0 aliphatic carbocycles. The summed E-state index contributed by atoms with van der Waals surface area (Å²) in [5, 5.41) is 0.558. The van der Waals surface area contributed by atoms with Gasteiger partial charge in [0.05, 0.1) is 34.1 Å². The first-order valence-corrected chi connectivity index (χ1v) is 8.34. The summed E-state index contributed by atoms with van der Waals surface area (Å²) in [6.45, 7) is 0. The number of carbonyl (C=O) groups excluding carboxylic acids is 1. The Kier molecular flexibility index (Phi) is 9.50. The second-order valence-electron chi connectivity index (χ2n) is 5.21. The van der Waals surface area contributed by atoms with E-state index >= 15 is 0 Å². The first kappa shape index (κ1) is 26.7. The van der Waals surface area contributed by atoms with E-state index in [4.69, 9.17) is 0 Å². The third kappa shape index (κ3) is 5.69. The maximum atomic E-state index is 13.1. The largest absolute Gasteiger partial charge is 0.289 e. The summed E-state index contributed by atoms with van der Waals surface area (Å²) in [7, 11) is 0. The predicted molar refractivity (Wildman–Crippen MR) is 90.9 cm³/mol. The van der Waals surface area contributed by atoms with Crippen LogP contribution in [0, 0.1) is 58.2 Å². The summed E-state index contributed by atoms with van der Waals surface area (Å²) < 4.78 is 148. The first-order chi connectivity index (χ1) is 14.9. The van der Waals surface area contributed by atoms with Gasteiger partial charge in [-0.1, -0.05) is 0 Å². The Morgan fingerprint density at radius 3 is 1.19 bits per heavy atom. The quantitative estimate of drug-likeness (QED) is 0.190. The topological polar surface area (TPSA) is 34.1 Å². The van der Waals surface area contributed by atoms with Crippen LogP contribution in [0.25, 0.3) is 12.2 Å². The van der Waals surface area contributed by atoms with Crippen molar-refractivity contribution in [2.24, 2.45) is 0 Å². The molecule has 0 spiro atoms. The van der Waals surface area contributed by atoms with Crippen molar-refractivity contribution in [2.75, 3.05) is 0 Å². The van der Waals surface area contributed by atoms with Crippen LogP contribution < -0.4 is 0 Å². The molecular formula is C18H5F11O2S. The smallest absolute Gasteiger partial charge is 0.200 e. The van der Waals surface area contributed by atoms with Crippen LogP contribution in [-0.4, -0.2) is 15.4 Å². The van der Waals surface area contributed by atoms with Gasteiger partial charge in [-0.25, -0.2) is 52.5 Å². The maximum absolute atomic E-state index is 13.1. The van der Waals surface area contributed by atoms with Crippen LogP contribution >= 0.6 is 0 Å². The minimum atomic E-state index is -2.28. The molecule has 172 valence electrons. The highest BCUT2D eigenvalue weighted by molar-refractivity contribution is 7.66. The van der Waals surface area contributed by atoms with Gasteiger partial charge in [-0.2, -0.15) is 0 Å². The molecule has 0 aliphatic rings. The average Bonchev–Trinajstić information content (AvgIpc) is 2.77. The van der Waals surface area contributed by atoms with E-state index in [0.717, 1.165) is 0 Å². The molecule has 0 saturated carbocycles. The monoisotopic (exact) mass is 494 g/mol. The van der Waals surface area contributed by atoms with E-state index < -0.39 is 75.1 Å². The summed E-state index contributed by atoms with van der Waals surface area (Å²) in [4.78, 5) is 10.8. The lowest BCUT2D eigenvalue weighted by Crippen LogP contribution is -2.04. The van der Waals surface area contributed by atoms with Crippen molar-refractivity contribution in [2.45, 2.75) is 0 Å². The van der Waals surface area contributed by atoms with E-state index in [2.05, 4.69) is 0 Å². The van der Waals surface area contributed by atoms with Crippen molar-refractivity contribution in [1.82, 2.24) is 0 Å². The van der Waals surface area contributed by atoms with Crippen LogP contribution in [-0.2, 0) is 16.1 Å². The van der Waals surface area contributed by atoms with Gasteiger partial charge < -0.3 is 0 Å². The molecule has 0 bridgehead atoms. The zero-order valence-corrected chi connectivity index (χ0v) is 15.6. The highest BCUT2D eigenvalue weighted by atomic mass is 32.1. The van der Waals surface area contributed by atoms with Gasteiger partial charge in [0, 0.05) is 0 Å². The zero-order chi connectivity index (χ0) is 24.7. The molecule has 0 heterocycles. The minimum Gasteiger partial charge on any atom is -0.289 e. The Bertz CT molecular complexity index is 1110. The van der Waals surface area contributed by atoms with Gasteiger partial charge in [-0.3, -0.25) is 4.79 Å². The van der Waals surface area contributed by atoms with Crippen molar-refractivity contribution in [3.8, 4) is 0 Å². The van der Waals surface area contributed by atoms with E-state index in [1.165, 1.54) is 0 Å². The number of allylic oxidation sites excluding steroid dienone is 1. The molecule has 0 aromatic heterocycles. The third-order valence-corrected chi connectivity index (χ3v) is 3.62. The fourth-order valence-electron chi connectivity index (χ4n) is 1.85. The Morgan fingerprint density at radius 1 is 0.562 bits per heavy atom. The van der Waals surface area contributed by atoms with Crippen molar-refractivity contribution >= 4 is 34.6 Å². The van der Waals surface area contributed by atoms with Crippen molar-refractivity contribution in [3.63, 3.8) is 0 Å². The van der Waals surface area contributed by atoms with Crippen LogP contribution in [0.5, 0.6) is 0 Å². The molecule has 32 heavy (non-hydrogen) atoms. The molecule has 2 aromatic rings. The van der Waals surface area contributed by atoms with Crippen molar-refractivity contribution < 1.29 is 57.3 Å². The zero-order valence-electron chi connectivity index (χ0n) is 14.8. The molecule has 0 fully saturated rings. The minimum absolute atomic E-state index is 0.149. The van der Waals surface area contributed by atoms with Crippen LogP contribution in [0.1, 0.15) is 11.1 Å². The number of hydrogen-bond donors (Lipinski definition) is 0. The second-order valence-corrected chi connectivity index (χ2v) is 5.64. The van der Waals surface area contributed by atoms with E-state index in [1.807, 2.05) is 0 Å². The third-order valence-electron chi connectivity index (χ3n) is 3.30. The number of benzene rings is 2. The van der Waals surface area contributed by atoms with Crippen molar-refractivity contribution in [1.29, 1.82) is 0 Å². The Morgan fingerprint density at radius 2 is 0.875 bits per heavy atom. The van der Waals surface area contributed by atoms with Gasteiger partial charge in [-0.15, -0.1) is 0 Å². The number of halogens is 11. The van der Waals surface area contributed by atoms with Crippen molar-refractivity contribution in [3.05, 3.63) is 81.7 Å². The van der Waals surface area contributed by atoms with E-state index in [9.17, 15) is 57.3 Å². The molecule has 2 aromatic carbocycles. The number of ketones is 1. The van der Waals surface area contributed by atoms with E-state index in [0.29, 0.717) is 17.5 Å². The maximum Gasteiger partial charge on any atom is 0.200 e. The molecule has 0 atom stereocenters. The fourth-order valence-corrected chi connectivity index (χ4v) is 2.02. The summed E-state index contributed by atoms with van der Waals surface area (Å²) in [6.07, 6.45) is 0.753. The molecule has 0 aliphatic heterocycles. The Balaban J connectivity index is 0.000000330. The van der Waals surface area contributed by atoms with Gasteiger partial charge in [0.25, 0.3) is 0 Å². The fraction of sp³-hybridized carbons (Fsp3) is 0. The SMILES string of the molecule is FC=Cc1c(F)c(F)c(F)c(F)c1F.O=S=CC(=O)C=Cc1c(F)c(F)c(F)c(F)c1F. The van der Waals surface area contributed by atoms with E-state index in [1.54, 1.807) is 0 Å². The molecular weight excluding hydrogens is 489 g/mol. The average molecular weight is 494 g/mol. The standard InChI is InChI=1S/C10H3F5O2S.C8H2F6/c11-6-5(2-1-4(16)3-18-17)7(12)9(14)10(15)8(6)13;9-2-1-3-4(10)6(12)8(14)7(13)5(3)11/h1-3H;1-2H. The highest BCUT2D eigenvalue weighted by Crippen LogP contribution is 2.25. The summed E-state index contributed by atoms with van der Waals surface area (Å²) >= 11 is -0.209. The number of carbonyl (C=O) groups is 1. The van der Waals surface area contributed by atoms with Crippen LogP contribution in [0.2, 0.25) is 0 Å². The number of hydrogen-bond acceptors (Lipinski definition) is 2. The van der Waals surface area contributed by atoms with Gasteiger partial charge in [0.15, 0.2) is 52.3 Å². The molecule has 14 heteroatoms. The summed E-state index contributed by atoms with van der Waals surface area (Å²) in [6, 6.07) is 0. The van der Waals surface area contributed by atoms with Crippen LogP contribution in [0.15, 0.2) is 12.4 Å². The highest BCUT2D eigenvalue weighted by Gasteiger charge is 2.25. The number of rotatable bonds is 4. The molecule has 0 unspecified atom stereocenters. The normalized spacial score (nSPS) is 11.0. The van der Waals surface area contributed by atoms with Crippen LogP contribution in [0.3, 0.4) is 0 Å². The van der Waals surface area contributed by atoms with Crippen LogP contribution in [0.4, 0.5) is 48.3 Å². The molecule has 0 N–H and O–H groups in total. The molecule has 2 nitrogen and oxygen atoms in total. The van der Waals surface area contributed by atoms with Gasteiger partial charge >= 0.3 is 0 Å². The first-order valence-electron chi connectivity index (χ1n) is 7.54. The lowest BCUT2D eigenvalue weighted by atomic mass is 10.1. The molecule has 0 amide bonds. The Labute approximate surface area is 174 Å². The lowest BCUT2D eigenvalue weighted by molar-refractivity contribution is -0.108. The predicted octanol–water partition coefficient (Wildman–Crippen LogP) is 5.30. The molecule has 2 rings (SSSR count). The van der Waals surface area contributed by atoms with Gasteiger partial charge in [-0.05, 0) is 18.2 Å². The Hall–Kier alpha value is -3.29. The van der Waals surface area contributed by atoms with Gasteiger partial charge in [0.1, 0.15) is 0 Å². The summed E-state index contributed by atoms with van der Waals surface area (Å²) in [5.41, 5.74) is -2.55. The van der Waals surface area contributed by atoms with Gasteiger partial charge in [0.2, 0.25) is 11.6 Å². The summed E-state index contributed by atoms with van der Waals surface area (Å²) in [5.74, 6) is -22.1. The van der Waals surface area contributed by atoms with E-state index in [-0.39, 0.29) is 23.7 Å². The lowest BCUT2D eigenvalue weighted by Gasteiger charge is -2.03.